The lowest BCUT2D eigenvalue weighted by Gasteiger charge is -2.11. The highest BCUT2D eigenvalue weighted by Crippen LogP contribution is 2.19. The molecule has 0 fully saturated rings. The van der Waals surface area contributed by atoms with E-state index in [0.29, 0.717) is 12.8 Å². The minimum Gasteiger partial charge on any atom is -0.392 e. The summed E-state index contributed by atoms with van der Waals surface area (Å²) in [5, 5.41) is 14.6. The largest absolute Gasteiger partial charge is 0.392 e. The van der Waals surface area contributed by atoms with E-state index in [1.165, 1.54) is 6.07 Å². The van der Waals surface area contributed by atoms with Crippen molar-refractivity contribution in [2.24, 2.45) is 7.05 Å². The van der Waals surface area contributed by atoms with Crippen LogP contribution in [0.25, 0.3) is 0 Å². The Kier molecular flexibility index (Phi) is 4.45. The van der Waals surface area contributed by atoms with Gasteiger partial charge in [0.15, 0.2) is 0 Å². The topological polar surface area (TPSA) is 38.0 Å². The van der Waals surface area contributed by atoms with Gasteiger partial charge in [0.1, 0.15) is 5.82 Å². The zero-order valence-electron chi connectivity index (χ0n) is 11.8. The molecule has 0 aliphatic rings. The highest BCUT2D eigenvalue weighted by atomic mass is 35.5. The van der Waals surface area contributed by atoms with Gasteiger partial charge in [0.2, 0.25) is 0 Å². The number of aliphatic hydroxyl groups excluding tert-OH is 1. The second-order valence-electron chi connectivity index (χ2n) is 5.08. The van der Waals surface area contributed by atoms with E-state index >= 15 is 0 Å². The normalized spacial score (nSPS) is 12.7. The molecule has 1 heterocycles. The van der Waals surface area contributed by atoms with Crippen LogP contribution in [0.3, 0.4) is 0 Å². The zero-order valence-corrected chi connectivity index (χ0v) is 12.6. The van der Waals surface area contributed by atoms with Crippen molar-refractivity contribution in [2.75, 3.05) is 0 Å². The summed E-state index contributed by atoms with van der Waals surface area (Å²) in [5.74, 6) is -0.441. The minimum absolute atomic E-state index is 0.0865. The molecule has 5 heteroatoms. The summed E-state index contributed by atoms with van der Waals surface area (Å²) < 4.78 is 14.9. The molecule has 2 aromatic rings. The fourth-order valence-corrected chi connectivity index (χ4v) is 2.56. The summed E-state index contributed by atoms with van der Waals surface area (Å²) in [5.41, 5.74) is 3.87. The first kappa shape index (κ1) is 15.0. The van der Waals surface area contributed by atoms with Crippen LogP contribution in [-0.4, -0.2) is 21.0 Å². The van der Waals surface area contributed by atoms with E-state index in [9.17, 15) is 9.50 Å². The third-order valence-corrected chi connectivity index (χ3v) is 3.84. The van der Waals surface area contributed by atoms with Crippen molar-refractivity contribution in [3.63, 3.8) is 0 Å². The van der Waals surface area contributed by atoms with Crippen LogP contribution >= 0.6 is 11.6 Å². The predicted octanol–water partition coefficient (Wildman–Crippen LogP) is 2.98. The van der Waals surface area contributed by atoms with E-state index in [1.807, 2.05) is 25.6 Å². The van der Waals surface area contributed by atoms with Crippen LogP contribution in [-0.2, 0) is 19.9 Å². The fraction of sp³-hybridized carbons (Fsp3) is 0.400. The number of rotatable bonds is 4. The van der Waals surface area contributed by atoms with Crippen molar-refractivity contribution < 1.29 is 9.50 Å². The molecule has 0 aliphatic carbocycles. The van der Waals surface area contributed by atoms with Gasteiger partial charge in [-0.3, -0.25) is 4.68 Å². The van der Waals surface area contributed by atoms with E-state index in [-0.39, 0.29) is 5.02 Å². The molecule has 3 nitrogen and oxygen atoms in total. The summed E-state index contributed by atoms with van der Waals surface area (Å²) in [7, 11) is 1.89. The predicted molar refractivity (Wildman–Crippen MR) is 77.5 cm³/mol. The lowest BCUT2D eigenvalue weighted by Crippen LogP contribution is -2.15. The molecule has 0 spiro atoms. The Morgan fingerprint density at radius 1 is 1.35 bits per heavy atom. The minimum atomic E-state index is -0.543. The van der Waals surface area contributed by atoms with Crippen molar-refractivity contribution >= 4 is 11.6 Å². The van der Waals surface area contributed by atoms with E-state index in [0.717, 1.165) is 22.5 Å². The number of benzene rings is 1. The Morgan fingerprint density at radius 2 is 2.05 bits per heavy atom. The van der Waals surface area contributed by atoms with Gasteiger partial charge in [-0.25, -0.2) is 4.39 Å². The summed E-state index contributed by atoms with van der Waals surface area (Å²) >= 11 is 5.74. The summed E-state index contributed by atoms with van der Waals surface area (Å²) in [6, 6.07) is 4.53. The van der Waals surface area contributed by atoms with Crippen molar-refractivity contribution in [3.05, 3.63) is 51.6 Å². The van der Waals surface area contributed by atoms with Crippen LogP contribution < -0.4 is 0 Å². The number of nitrogens with zero attached hydrogens (tertiary/aromatic N) is 2. The molecule has 1 aromatic carbocycles. The smallest absolute Gasteiger partial charge is 0.141 e. The van der Waals surface area contributed by atoms with Crippen LogP contribution in [0.5, 0.6) is 0 Å². The monoisotopic (exact) mass is 296 g/mol. The first-order valence-electron chi connectivity index (χ1n) is 6.49. The summed E-state index contributed by atoms with van der Waals surface area (Å²) in [6.45, 7) is 3.92. The molecule has 1 N–H and O–H groups in total. The second kappa shape index (κ2) is 5.94. The standard InChI is InChI=1S/C15H18ClFN2O/c1-9-13(10(2)19(3)18-9)8-12(20)6-11-4-5-15(17)14(16)7-11/h4-5,7,12,20H,6,8H2,1-3H3. The third-order valence-electron chi connectivity index (χ3n) is 3.55. The summed E-state index contributed by atoms with van der Waals surface area (Å²) in [6.07, 6.45) is 0.423. The van der Waals surface area contributed by atoms with E-state index in [2.05, 4.69) is 5.10 Å². The van der Waals surface area contributed by atoms with Crippen molar-refractivity contribution in [2.45, 2.75) is 32.8 Å². The quantitative estimate of drug-likeness (QED) is 0.942. The number of hydrogen-bond donors (Lipinski definition) is 1. The number of aliphatic hydroxyl groups is 1. The molecule has 0 radical (unpaired) electrons. The SMILES string of the molecule is Cc1nn(C)c(C)c1CC(O)Cc1ccc(F)c(Cl)c1. The molecule has 1 aromatic heterocycles. The van der Waals surface area contributed by atoms with Gasteiger partial charge in [-0.15, -0.1) is 0 Å². The molecule has 1 unspecified atom stereocenters. The Hall–Kier alpha value is -1.39. The lowest BCUT2D eigenvalue weighted by molar-refractivity contribution is 0.175. The molecule has 0 aliphatic heterocycles. The Labute approximate surface area is 123 Å². The molecule has 0 bridgehead atoms. The maximum Gasteiger partial charge on any atom is 0.141 e. The van der Waals surface area contributed by atoms with Gasteiger partial charge in [-0.1, -0.05) is 17.7 Å². The Morgan fingerprint density at radius 3 is 2.60 bits per heavy atom. The van der Waals surface area contributed by atoms with Crippen LogP contribution in [0.4, 0.5) is 4.39 Å². The molecule has 108 valence electrons. The zero-order chi connectivity index (χ0) is 14.9. The van der Waals surface area contributed by atoms with Gasteiger partial charge in [-0.2, -0.15) is 5.10 Å². The molecule has 1 atom stereocenters. The number of aromatic nitrogens is 2. The van der Waals surface area contributed by atoms with Crippen LogP contribution in [0, 0.1) is 19.7 Å². The molecular weight excluding hydrogens is 279 g/mol. The molecular formula is C15H18ClFN2O. The van der Waals surface area contributed by atoms with Crippen LogP contribution in [0.1, 0.15) is 22.5 Å². The first-order chi connectivity index (χ1) is 9.38. The number of halogens is 2. The maximum absolute atomic E-state index is 13.1. The van der Waals surface area contributed by atoms with Crippen LogP contribution in [0.2, 0.25) is 5.02 Å². The van der Waals surface area contributed by atoms with Gasteiger partial charge in [0.05, 0.1) is 16.8 Å². The van der Waals surface area contributed by atoms with Gasteiger partial charge in [-0.05, 0) is 43.5 Å². The van der Waals surface area contributed by atoms with Crippen molar-refractivity contribution in [1.29, 1.82) is 0 Å². The second-order valence-corrected chi connectivity index (χ2v) is 5.49. The van der Waals surface area contributed by atoms with Gasteiger partial charge < -0.3 is 5.11 Å². The Bertz CT molecular complexity index is 625. The maximum atomic E-state index is 13.1. The van der Waals surface area contributed by atoms with E-state index in [1.54, 1.807) is 12.1 Å². The molecule has 0 amide bonds. The first-order valence-corrected chi connectivity index (χ1v) is 6.87. The number of hydrogen-bond acceptors (Lipinski definition) is 2. The highest BCUT2D eigenvalue weighted by Gasteiger charge is 2.15. The summed E-state index contributed by atoms with van der Waals surface area (Å²) in [4.78, 5) is 0. The van der Waals surface area contributed by atoms with E-state index < -0.39 is 11.9 Å². The van der Waals surface area contributed by atoms with Gasteiger partial charge >= 0.3 is 0 Å². The molecule has 0 saturated carbocycles. The highest BCUT2D eigenvalue weighted by molar-refractivity contribution is 6.30. The third kappa shape index (κ3) is 3.19. The van der Waals surface area contributed by atoms with E-state index in [4.69, 9.17) is 11.6 Å². The van der Waals surface area contributed by atoms with Crippen molar-refractivity contribution in [1.82, 2.24) is 9.78 Å². The fourth-order valence-electron chi connectivity index (χ4n) is 2.36. The lowest BCUT2D eigenvalue weighted by atomic mass is 10.00. The van der Waals surface area contributed by atoms with Gasteiger partial charge in [0, 0.05) is 19.2 Å². The molecule has 2 rings (SSSR count). The average molecular weight is 297 g/mol. The van der Waals surface area contributed by atoms with Crippen LogP contribution in [0.15, 0.2) is 18.2 Å². The molecule has 0 saturated heterocycles. The van der Waals surface area contributed by atoms with Gasteiger partial charge in [0.25, 0.3) is 0 Å². The molecule has 20 heavy (non-hydrogen) atoms. The van der Waals surface area contributed by atoms with Crippen molar-refractivity contribution in [3.8, 4) is 0 Å². The Balaban J connectivity index is 2.08. The number of aryl methyl sites for hydroxylation is 2. The average Bonchev–Trinajstić information content (AvgIpc) is 2.61.